The fourth-order valence-corrected chi connectivity index (χ4v) is 3.34. The van der Waals surface area contributed by atoms with E-state index in [1.807, 2.05) is 0 Å². The van der Waals surface area contributed by atoms with Gasteiger partial charge in [-0.15, -0.1) is 78.4 Å². The number of halogens is 6. The molecular formula is C26H28Cl2F4SiZr-4. The summed E-state index contributed by atoms with van der Waals surface area (Å²) in [5, 5.41) is 1.37. The number of allylic oxidation sites excluding steroid dienone is 4. The van der Waals surface area contributed by atoms with Crippen molar-refractivity contribution < 1.29 is 40.9 Å². The Hall–Kier alpha value is -1.07. The van der Waals surface area contributed by atoms with E-state index in [0.29, 0.717) is 17.4 Å². The van der Waals surface area contributed by atoms with Gasteiger partial charge in [0.1, 0.15) is 5.82 Å². The van der Waals surface area contributed by atoms with Crippen LogP contribution in [0.3, 0.4) is 0 Å². The van der Waals surface area contributed by atoms with Crippen LogP contribution in [0.2, 0.25) is 0 Å². The molecule has 3 aromatic rings. The van der Waals surface area contributed by atoms with Crippen LogP contribution in [0.15, 0.2) is 59.2 Å². The average Bonchev–Trinajstić information content (AvgIpc) is 3.25. The van der Waals surface area contributed by atoms with E-state index in [0.717, 1.165) is 5.39 Å². The van der Waals surface area contributed by atoms with Gasteiger partial charge in [-0.1, -0.05) is 32.8 Å². The molecule has 186 valence electrons. The van der Waals surface area contributed by atoms with Crippen LogP contribution < -0.4 is 0 Å². The van der Waals surface area contributed by atoms with E-state index in [1.54, 1.807) is 30.3 Å². The predicted molar refractivity (Wildman–Crippen MR) is 138 cm³/mol. The van der Waals surface area contributed by atoms with Crippen molar-refractivity contribution in [3.05, 3.63) is 103 Å². The van der Waals surface area contributed by atoms with Crippen LogP contribution in [-0.2, 0) is 23.3 Å². The molecule has 0 saturated heterocycles. The fraction of sp³-hybridized carbons (Fsp3) is 0.192. The molecule has 4 rings (SSSR count). The zero-order valence-corrected chi connectivity index (χ0v) is 25.0. The Morgan fingerprint density at radius 1 is 0.912 bits per heavy atom. The van der Waals surface area contributed by atoms with Gasteiger partial charge in [0, 0.05) is 11.6 Å². The number of rotatable bonds is 1. The van der Waals surface area contributed by atoms with E-state index in [-0.39, 0.29) is 45.2 Å². The van der Waals surface area contributed by atoms with Crippen LogP contribution in [0.25, 0.3) is 21.9 Å². The molecule has 0 aliphatic heterocycles. The van der Waals surface area contributed by atoms with Crippen molar-refractivity contribution in [3.8, 4) is 11.1 Å². The summed E-state index contributed by atoms with van der Waals surface area (Å²) in [6.07, 6.45) is 3.36. The van der Waals surface area contributed by atoms with E-state index in [9.17, 15) is 17.6 Å². The molecule has 3 aromatic carbocycles. The van der Waals surface area contributed by atoms with Crippen molar-refractivity contribution in [3.63, 3.8) is 0 Å². The molecule has 0 nitrogen and oxygen atoms in total. The molecule has 0 N–H and O–H groups in total. The quantitative estimate of drug-likeness (QED) is 0.0854. The molecule has 1 unspecified atom stereocenters. The monoisotopic (exact) mass is 604 g/mol. The molecule has 34 heavy (non-hydrogen) atoms. The van der Waals surface area contributed by atoms with Gasteiger partial charge < -0.3 is 14.9 Å². The van der Waals surface area contributed by atoms with Crippen LogP contribution in [0.1, 0.15) is 27.7 Å². The van der Waals surface area contributed by atoms with Gasteiger partial charge in [0.05, 0.1) is 0 Å². The minimum atomic E-state index is -1.67. The van der Waals surface area contributed by atoms with Crippen molar-refractivity contribution in [2.45, 2.75) is 27.7 Å². The second-order valence-electron chi connectivity index (χ2n) is 6.98. The third kappa shape index (κ3) is 7.98. The van der Waals surface area contributed by atoms with Crippen molar-refractivity contribution in [1.82, 2.24) is 0 Å². The molecule has 0 saturated carbocycles. The summed E-state index contributed by atoms with van der Waals surface area (Å²) in [6, 6.07) is 10.5. The molecule has 0 amide bonds. The third-order valence-electron chi connectivity index (χ3n) is 5.30. The van der Waals surface area contributed by atoms with Gasteiger partial charge in [0.25, 0.3) is 0 Å². The Labute approximate surface area is 230 Å². The molecule has 1 aliphatic rings. The van der Waals surface area contributed by atoms with Crippen molar-refractivity contribution in [2.24, 2.45) is 5.92 Å². The van der Waals surface area contributed by atoms with Crippen LogP contribution in [-0.4, -0.2) is 6.88 Å². The van der Waals surface area contributed by atoms with Gasteiger partial charge in [0.2, 0.25) is 0 Å². The second kappa shape index (κ2) is 16.6. The predicted octanol–water partition coefficient (Wildman–Crippen LogP) is 8.86. The van der Waals surface area contributed by atoms with Crippen LogP contribution >= 0.6 is 24.8 Å². The first-order valence-corrected chi connectivity index (χ1v) is 13.4. The topological polar surface area (TPSA) is 0 Å². The van der Waals surface area contributed by atoms with Crippen molar-refractivity contribution >= 4 is 42.5 Å². The Balaban J connectivity index is -0.000000555. The standard InChI is InChI=1S/C15H7F4.C9H13.2CH3.2ClH.Si.Zr/c16-11-7-12(17)14(18)15(19)13(11)10-6-5-8-3-1-2-4-9(8)10;1-6-5-7(2)9(4)8(6)3;;;;;;/h1-7H;6H,1-4H3;2*1H3;2*1H;;/q4*-1;;;;. The molecule has 0 heterocycles. The molecule has 2 radical (unpaired) electrons. The third-order valence-corrected chi connectivity index (χ3v) is 5.30. The molecule has 0 fully saturated rings. The molecule has 0 spiro atoms. The van der Waals surface area contributed by atoms with Crippen molar-refractivity contribution in [1.29, 1.82) is 0 Å². The summed E-state index contributed by atoms with van der Waals surface area (Å²) < 4.78 is 53.7. The fourth-order valence-electron chi connectivity index (χ4n) is 3.34. The van der Waals surface area contributed by atoms with Gasteiger partial charge in [-0.05, 0) is 0 Å². The van der Waals surface area contributed by atoms with Crippen LogP contribution in [0.5, 0.6) is 0 Å². The summed E-state index contributed by atoms with van der Waals surface area (Å²) >= 11 is 1.36. The maximum absolute atomic E-state index is 13.8. The summed E-state index contributed by atoms with van der Waals surface area (Å²) in [7, 11) is 0. The minimum absolute atomic E-state index is 0. The molecule has 0 aromatic heterocycles. The first-order valence-electron chi connectivity index (χ1n) is 9.23. The molecular weight excluding hydrogens is 578 g/mol. The zero-order chi connectivity index (χ0) is 22.6. The first-order chi connectivity index (χ1) is 14.2. The maximum atomic E-state index is 13.8. The van der Waals surface area contributed by atoms with Gasteiger partial charge in [-0.3, -0.25) is 6.08 Å². The molecule has 8 heteroatoms. The number of benzene rings is 2. The number of hydrogen-bond donors (Lipinski definition) is 0. The number of hydrogen-bond acceptors (Lipinski definition) is 0. The average molecular weight is 607 g/mol. The van der Waals surface area contributed by atoms with E-state index in [4.69, 9.17) is 0 Å². The summed E-state index contributed by atoms with van der Waals surface area (Å²) in [5.74, 6) is -5.26. The first kappa shape index (κ1) is 37.5. The Kier molecular flexibility index (Phi) is 18.3. The second-order valence-corrected chi connectivity index (χ2v) is 6.98. The Bertz CT molecular complexity index is 1140. The van der Waals surface area contributed by atoms with E-state index in [2.05, 4.69) is 40.7 Å². The van der Waals surface area contributed by atoms with Gasteiger partial charge in [0.15, 0.2) is 17.5 Å². The molecule has 1 aliphatic carbocycles. The van der Waals surface area contributed by atoms with E-state index < -0.39 is 28.8 Å². The molecule has 1 atom stereocenters. The molecule has 0 bridgehead atoms. The van der Waals surface area contributed by atoms with Crippen LogP contribution in [0, 0.1) is 50.1 Å². The zero-order valence-electron chi connectivity index (χ0n) is 19.9. The van der Waals surface area contributed by atoms with Gasteiger partial charge in [-0.25, -0.2) is 23.1 Å². The van der Waals surface area contributed by atoms with Crippen molar-refractivity contribution in [2.75, 3.05) is 0 Å². The number of fused-ring (bicyclic) bond motifs is 1. The normalized spacial score (nSPS) is 13.5. The van der Waals surface area contributed by atoms with Gasteiger partial charge >= 0.3 is 30.2 Å². The van der Waals surface area contributed by atoms with Crippen LogP contribution in [0.4, 0.5) is 17.6 Å². The Morgan fingerprint density at radius 2 is 1.47 bits per heavy atom. The van der Waals surface area contributed by atoms with E-state index in [1.165, 1.54) is 46.1 Å². The SMILES string of the molecule is CC1=[C-]C(C)C(C)=C1C.Cl.Cl.Fc1cc(F)c(-c2c[cH-]c3ccccc23)c(F)c1F.[CH3-].[CH3-].[Si]=[Zr]. The summed E-state index contributed by atoms with van der Waals surface area (Å²) in [5.41, 5.74) is 3.92. The summed E-state index contributed by atoms with van der Waals surface area (Å²) in [4.78, 5) is 0. The summed E-state index contributed by atoms with van der Waals surface area (Å²) in [6.45, 7) is 11.7. The van der Waals surface area contributed by atoms with Gasteiger partial charge in [-0.2, -0.15) is 11.1 Å². The Morgan fingerprint density at radius 3 is 1.94 bits per heavy atom. The van der Waals surface area contributed by atoms with E-state index >= 15 is 0 Å².